The van der Waals surface area contributed by atoms with Gasteiger partial charge in [0, 0.05) is 38.3 Å². The lowest BCUT2D eigenvalue weighted by molar-refractivity contribution is -0.00419. The molecular formula is C18H25FN2O3. The first kappa shape index (κ1) is 17.2. The van der Waals surface area contributed by atoms with E-state index in [1.54, 1.807) is 4.90 Å². The number of nitrogens with zero attached hydrogens (tertiary/aromatic N) is 1. The van der Waals surface area contributed by atoms with E-state index in [1.807, 2.05) is 19.1 Å². The fourth-order valence-electron chi connectivity index (χ4n) is 3.49. The molecule has 2 amide bonds. The minimum atomic E-state index is -0.243. The van der Waals surface area contributed by atoms with Crippen molar-refractivity contribution in [1.82, 2.24) is 10.2 Å². The molecule has 0 unspecified atom stereocenters. The van der Waals surface area contributed by atoms with Crippen LogP contribution in [-0.4, -0.2) is 56.5 Å². The zero-order valence-electron chi connectivity index (χ0n) is 14.1. The smallest absolute Gasteiger partial charge is 0.317 e. The van der Waals surface area contributed by atoms with Gasteiger partial charge in [0.2, 0.25) is 0 Å². The van der Waals surface area contributed by atoms with Crippen LogP contribution < -0.4 is 5.32 Å². The van der Waals surface area contributed by atoms with Crippen molar-refractivity contribution in [2.45, 2.75) is 31.3 Å². The third-order valence-electron chi connectivity index (χ3n) is 5.01. The molecule has 2 aliphatic rings. The van der Waals surface area contributed by atoms with E-state index in [9.17, 15) is 9.18 Å². The molecule has 1 aromatic rings. The lowest BCUT2D eigenvalue weighted by Crippen LogP contribution is -2.52. The van der Waals surface area contributed by atoms with Crippen LogP contribution in [0.15, 0.2) is 24.3 Å². The number of nitrogens with one attached hydrogen (secondary N) is 1. The zero-order chi connectivity index (χ0) is 17.0. The molecule has 1 N–H and O–H groups in total. The van der Waals surface area contributed by atoms with Crippen LogP contribution in [0.4, 0.5) is 9.18 Å². The van der Waals surface area contributed by atoms with E-state index >= 15 is 0 Å². The Bertz CT molecular complexity index is 558. The average Bonchev–Trinajstić information content (AvgIpc) is 2.61. The van der Waals surface area contributed by atoms with E-state index in [4.69, 9.17) is 9.47 Å². The molecule has 132 valence electrons. The lowest BCUT2D eigenvalue weighted by atomic mass is 9.74. The highest BCUT2D eigenvalue weighted by Gasteiger charge is 2.35. The first-order valence-corrected chi connectivity index (χ1v) is 8.57. The molecule has 2 heterocycles. The van der Waals surface area contributed by atoms with Crippen molar-refractivity contribution in [3.63, 3.8) is 0 Å². The van der Waals surface area contributed by atoms with Crippen molar-refractivity contribution in [3.05, 3.63) is 35.6 Å². The Morgan fingerprint density at radius 1 is 1.29 bits per heavy atom. The number of carbonyl (C=O) groups is 1. The van der Waals surface area contributed by atoms with Gasteiger partial charge >= 0.3 is 6.03 Å². The largest absolute Gasteiger partial charge is 0.381 e. The van der Waals surface area contributed by atoms with Gasteiger partial charge < -0.3 is 19.7 Å². The van der Waals surface area contributed by atoms with Crippen molar-refractivity contribution in [1.29, 1.82) is 0 Å². The van der Waals surface area contributed by atoms with Crippen LogP contribution in [-0.2, 0) is 14.9 Å². The molecule has 0 aliphatic carbocycles. The fraction of sp³-hybridized carbons (Fsp3) is 0.611. The number of hydrogen-bond acceptors (Lipinski definition) is 3. The summed E-state index contributed by atoms with van der Waals surface area (Å²) in [5.74, 6) is -0.243. The minimum absolute atomic E-state index is 0.0573. The molecular weight excluding hydrogens is 311 g/mol. The van der Waals surface area contributed by atoms with Gasteiger partial charge in [-0.15, -0.1) is 0 Å². The topological polar surface area (TPSA) is 50.8 Å². The summed E-state index contributed by atoms with van der Waals surface area (Å²) in [5.41, 5.74) is 0.863. The molecule has 6 heteroatoms. The quantitative estimate of drug-likeness (QED) is 0.921. The molecule has 0 spiro atoms. The molecule has 1 aromatic carbocycles. The molecule has 24 heavy (non-hydrogen) atoms. The van der Waals surface area contributed by atoms with Crippen molar-refractivity contribution in [2.75, 3.05) is 39.5 Å². The normalized spacial score (nSPS) is 23.8. The van der Waals surface area contributed by atoms with E-state index in [2.05, 4.69) is 5.32 Å². The number of carbonyl (C=O) groups excluding carboxylic acids is 1. The van der Waals surface area contributed by atoms with Gasteiger partial charge in [-0.3, -0.25) is 0 Å². The maximum atomic E-state index is 13.3. The number of benzene rings is 1. The molecule has 0 radical (unpaired) electrons. The summed E-state index contributed by atoms with van der Waals surface area (Å²) in [4.78, 5) is 14.3. The third-order valence-corrected chi connectivity index (χ3v) is 5.01. The molecule has 5 nitrogen and oxygen atoms in total. The van der Waals surface area contributed by atoms with Gasteiger partial charge in [0.15, 0.2) is 0 Å². The first-order chi connectivity index (χ1) is 11.6. The van der Waals surface area contributed by atoms with Crippen molar-refractivity contribution < 1.29 is 18.7 Å². The second-order valence-corrected chi connectivity index (χ2v) is 6.69. The number of hydrogen-bond donors (Lipinski definition) is 1. The molecule has 2 aliphatic heterocycles. The van der Waals surface area contributed by atoms with Crippen LogP contribution in [0.3, 0.4) is 0 Å². The first-order valence-electron chi connectivity index (χ1n) is 8.57. The van der Waals surface area contributed by atoms with Crippen LogP contribution in [0.1, 0.15) is 25.3 Å². The SMILES string of the molecule is C[C@@H]1CN(C(=O)NCC2(c3ccc(F)cc3)CCOCC2)CCO1. The maximum absolute atomic E-state index is 13.3. The summed E-state index contributed by atoms with van der Waals surface area (Å²) in [7, 11) is 0. The van der Waals surface area contributed by atoms with E-state index in [-0.39, 0.29) is 23.4 Å². The number of halogens is 1. The maximum Gasteiger partial charge on any atom is 0.317 e. The summed E-state index contributed by atoms with van der Waals surface area (Å²) in [6.45, 7) is 5.61. The molecule has 2 fully saturated rings. The van der Waals surface area contributed by atoms with Crippen molar-refractivity contribution in [2.24, 2.45) is 0 Å². The van der Waals surface area contributed by atoms with Crippen LogP contribution in [0.5, 0.6) is 0 Å². The predicted octanol–water partition coefficient (Wildman–Crippen LogP) is 2.30. The monoisotopic (exact) mass is 336 g/mol. The third kappa shape index (κ3) is 3.87. The van der Waals surface area contributed by atoms with E-state index in [1.165, 1.54) is 12.1 Å². The standard InChI is InChI=1S/C18H25FN2O3/c1-14-12-21(8-11-24-14)17(22)20-13-18(6-9-23-10-7-18)15-2-4-16(19)5-3-15/h2-5,14H,6-13H2,1H3,(H,20,22)/t14-/m1/s1. The Balaban J connectivity index is 1.68. The minimum Gasteiger partial charge on any atom is -0.381 e. The lowest BCUT2D eigenvalue weighted by Gasteiger charge is -2.39. The molecule has 3 rings (SSSR count). The van der Waals surface area contributed by atoms with E-state index in [0.29, 0.717) is 39.5 Å². The molecule has 0 aromatic heterocycles. The van der Waals surface area contributed by atoms with Gasteiger partial charge in [0.05, 0.1) is 12.7 Å². The second kappa shape index (κ2) is 7.49. The van der Waals surface area contributed by atoms with Crippen LogP contribution in [0.25, 0.3) is 0 Å². The summed E-state index contributed by atoms with van der Waals surface area (Å²) in [5, 5.41) is 3.08. The van der Waals surface area contributed by atoms with Crippen LogP contribution in [0, 0.1) is 5.82 Å². The van der Waals surface area contributed by atoms with E-state index < -0.39 is 0 Å². The molecule has 2 saturated heterocycles. The summed E-state index contributed by atoms with van der Waals surface area (Å²) in [6.07, 6.45) is 1.70. The van der Waals surface area contributed by atoms with Gasteiger partial charge in [-0.25, -0.2) is 9.18 Å². The van der Waals surface area contributed by atoms with Gasteiger partial charge in [-0.05, 0) is 37.5 Å². The van der Waals surface area contributed by atoms with Crippen LogP contribution >= 0.6 is 0 Å². The average molecular weight is 336 g/mol. The number of amides is 2. The highest BCUT2D eigenvalue weighted by molar-refractivity contribution is 5.74. The summed E-state index contributed by atoms with van der Waals surface area (Å²) < 4.78 is 24.2. The molecule has 0 bridgehead atoms. The van der Waals surface area contributed by atoms with Gasteiger partial charge in [-0.2, -0.15) is 0 Å². The highest BCUT2D eigenvalue weighted by atomic mass is 19.1. The molecule has 1 atom stereocenters. The Hall–Kier alpha value is -1.66. The highest BCUT2D eigenvalue weighted by Crippen LogP contribution is 2.34. The van der Waals surface area contributed by atoms with Crippen molar-refractivity contribution in [3.8, 4) is 0 Å². The molecule has 0 saturated carbocycles. The summed E-state index contributed by atoms with van der Waals surface area (Å²) in [6, 6.07) is 6.56. The van der Waals surface area contributed by atoms with Gasteiger partial charge in [-0.1, -0.05) is 12.1 Å². The number of morpholine rings is 1. The van der Waals surface area contributed by atoms with Crippen molar-refractivity contribution >= 4 is 6.03 Å². The Morgan fingerprint density at radius 3 is 2.67 bits per heavy atom. The van der Waals surface area contributed by atoms with Crippen LogP contribution in [0.2, 0.25) is 0 Å². The number of urea groups is 1. The predicted molar refractivity (Wildman–Crippen MR) is 88.5 cm³/mol. The van der Waals surface area contributed by atoms with Gasteiger partial charge in [0.25, 0.3) is 0 Å². The van der Waals surface area contributed by atoms with E-state index in [0.717, 1.165) is 18.4 Å². The fourth-order valence-corrected chi connectivity index (χ4v) is 3.49. The zero-order valence-corrected chi connectivity index (χ0v) is 14.1. The Labute approximate surface area is 142 Å². The Kier molecular flexibility index (Phi) is 5.36. The Morgan fingerprint density at radius 2 is 2.00 bits per heavy atom. The number of rotatable bonds is 3. The number of ether oxygens (including phenoxy) is 2. The van der Waals surface area contributed by atoms with Gasteiger partial charge in [0.1, 0.15) is 5.82 Å². The second-order valence-electron chi connectivity index (χ2n) is 6.69. The summed E-state index contributed by atoms with van der Waals surface area (Å²) >= 11 is 0.